The molecule has 0 saturated carbocycles. The fourth-order valence-electron chi connectivity index (χ4n) is 3.26. The monoisotopic (exact) mass is 483 g/mol. The summed E-state index contributed by atoms with van der Waals surface area (Å²) in [4.78, 5) is 3.19. The van der Waals surface area contributed by atoms with Crippen molar-refractivity contribution in [1.82, 2.24) is 10.5 Å². The van der Waals surface area contributed by atoms with Crippen molar-refractivity contribution in [3.63, 3.8) is 0 Å². The van der Waals surface area contributed by atoms with Crippen LogP contribution in [0.3, 0.4) is 0 Å². The van der Waals surface area contributed by atoms with Crippen molar-refractivity contribution >= 4 is 52.4 Å². The molecule has 166 valence electrons. The van der Waals surface area contributed by atoms with Crippen molar-refractivity contribution < 1.29 is 16.8 Å². The van der Waals surface area contributed by atoms with E-state index in [4.69, 9.17) is 22.4 Å². The number of nitrogens with one attached hydrogen (secondary N) is 1. The van der Waals surface area contributed by atoms with Gasteiger partial charge in [0, 0.05) is 11.1 Å². The average molecular weight is 484 g/mol. The minimum atomic E-state index is -4.56. The van der Waals surface area contributed by atoms with Gasteiger partial charge in [0.05, 0.1) is 20.9 Å². The number of hydrazine groups is 1. The van der Waals surface area contributed by atoms with E-state index in [1.54, 1.807) is 25.1 Å². The van der Waals surface area contributed by atoms with E-state index in [1.165, 1.54) is 23.5 Å². The van der Waals surface area contributed by atoms with Gasteiger partial charge < -0.3 is 11.5 Å². The quantitative estimate of drug-likeness (QED) is 0.136. The highest BCUT2D eigenvalue weighted by molar-refractivity contribution is 7.93. The van der Waals surface area contributed by atoms with Crippen LogP contribution < -0.4 is 28.0 Å². The Morgan fingerprint density at radius 2 is 1.87 bits per heavy atom. The highest BCUT2D eigenvalue weighted by Crippen LogP contribution is 2.38. The number of hydrogen-bond acceptors (Lipinski definition) is 10. The molecule has 0 atom stereocenters. The summed E-state index contributed by atoms with van der Waals surface area (Å²) in [7, 11) is -8.55. The molecule has 0 aliphatic heterocycles. The predicted octanol–water partition coefficient (Wildman–Crippen LogP) is 0.460. The SMILES string of the molecule is CCCS(=O)(=O)c1ccc(-c2cccc3sc(N)nc23)c(/C(N)=N/NN)c1S(N)(=O)=O. The zero-order valence-electron chi connectivity index (χ0n) is 16.4. The smallest absolute Gasteiger partial charge is 0.240 e. The zero-order chi connectivity index (χ0) is 23.0. The van der Waals surface area contributed by atoms with Crippen LogP contribution in [-0.2, 0) is 19.9 Å². The third-order valence-electron chi connectivity index (χ3n) is 4.38. The van der Waals surface area contributed by atoms with E-state index < -0.39 is 29.7 Å². The number of sulfone groups is 1. The van der Waals surface area contributed by atoms with Crippen LogP contribution in [0.4, 0.5) is 5.13 Å². The van der Waals surface area contributed by atoms with Crippen molar-refractivity contribution in [2.45, 2.75) is 23.1 Å². The average Bonchev–Trinajstić information content (AvgIpc) is 3.06. The number of para-hydroxylation sites is 1. The van der Waals surface area contributed by atoms with Crippen LogP contribution >= 0.6 is 11.3 Å². The zero-order valence-corrected chi connectivity index (χ0v) is 18.8. The standard InChI is InChI=1S/C17H21N7O4S3/c1-2-8-30(25,26)12-7-6-9(10-4-3-5-11-14(10)22-17(19)29-11)13(16(18)23-24-20)15(12)31(21,27)28/h3-7,24H,2,8,20H2,1H3,(H2,18,23)(H2,19,22)(H2,21,27,28). The lowest BCUT2D eigenvalue weighted by Gasteiger charge is -2.18. The van der Waals surface area contributed by atoms with Gasteiger partial charge in [0.25, 0.3) is 0 Å². The van der Waals surface area contributed by atoms with Crippen molar-refractivity contribution in [1.29, 1.82) is 0 Å². The van der Waals surface area contributed by atoms with Crippen LogP contribution in [0.5, 0.6) is 0 Å². The van der Waals surface area contributed by atoms with Crippen molar-refractivity contribution in [2.24, 2.45) is 21.8 Å². The van der Waals surface area contributed by atoms with E-state index in [0.29, 0.717) is 16.2 Å². The van der Waals surface area contributed by atoms with Gasteiger partial charge in [0.15, 0.2) is 20.8 Å². The van der Waals surface area contributed by atoms with Gasteiger partial charge in [-0.2, -0.15) is 0 Å². The molecule has 0 spiro atoms. The fraction of sp³-hybridized carbons (Fsp3) is 0.176. The normalized spacial score (nSPS) is 12.9. The van der Waals surface area contributed by atoms with Crippen LogP contribution in [0.1, 0.15) is 18.9 Å². The summed E-state index contributed by atoms with van der Waals surface area (Å²) in [6.45, 7) is 1.66. The molecule has 2 aromatic carbocycles. The van der Waals surface area contributed by atoms with Gasteiger partial charge in [-0.15, -0.1) is 5.10 Å². The lowest BCUT2D eigenvalue weighted by Crippen LogP contribution is -2.28. The second-order valence-electron chi connectivity index (χ2n) is 6.51. The Bertz CT molecular complexity index is 1400. The minimum absolute atomic E-state index is 0.198. The largest absolute Gasteiger partial charge is 0.382 e. The molecule has 0 saturated heterocycles. The Morgan fingerprint density at radius 3 is 2.48 bits per heavy atom. The summed E-state index contributed by atoms with van der Waals surface area (Å²) in [5, 5.41) is 9.44. The number of rotatable bonds is 7. The van der Waals surface area contributed by atoms with Gasteiger partial charge in [0.2, 0.25) is 10.0 Å². The van der Waals surface area contributed by atoms with Gasteiger partial charge >= 0.3 is 0 Å². The number of anilines is 1. The molecule has 1 aromatic heterocycles. The van der Waals surface area contributed by atoms with E-state index in [2.05, 4.69) is 10.1 Å². The molecule has 0 bridgehead atoms. The van der Waals surface area contributed by atoms with Crippen molar-refractivity contribution in [2.75, 3.05) is 11.5 Å². The first-order valence-electron chi connectivity index (χ1n) is 8.88. The first kappa shape index (κ1) is 22.9. The lowest BCUT2D eigenvalue weighted by atomic mass is 9.98. The lowest BCUT2D eigenvalue weighted by molar-refractivity contribution is 0.582. The van der Waals surface area contributed by atoms with Gasteiger partial charge in [-0.25, -0.2) is 38.3 Å². The van der Waals surface area contributed by atoms with Crippen LogP contribution in [-0.4, -0.2) is 33.4 Å². The molecule has 1 heterocycles. The molecule has 3 rings (SSSR count). The molecule has 0 aliphatic rings. The number of fused-ring (bicyclic) bond motifs is 1. The molecular weight excluding hydrogens is 462 g/mol. The Labute approximate surface area is 183 Å². The number of amidine groups is 1. The molecule has 0 unspecified atom stereocenters. The van der Waals surface area contributed by atoms with Gasteiger partial charge in [-0.3, -0.25) is 0 Å². The Balaban J connectivity index is 2.53. The number of nitrogen functional groups attached to an aromatic ring is 1. The first-order valence-corrected chi connectivity index (χ1v) is 12.9. The minimum Gasteiger partial charge on any atom is -0.382 e. The molecular formula is C17H21N7O4S3. The van der Waals surface area contributed by atoms with Gasteiger partial charge in [0.1, 0.15) is 4.90 Å². The molecule has 14 heteroatoms. The molecule has 0 radical (unpaired) electrons. The van der Waals surface area contributed by atoms with Crippen molar-refractivity contribution in [3.05, 3.63) is 35.9 Å². The number of sulfonamides is 1. The van der Waals surface area contributed by atoms with Gasteiger partial charge in [-0.05, 0) is 24.1 Å². The second-order valence-corrected chi connectivity index (χ2v) is 11.1. The molecule has 9 N–H and O–H groups in total. The van der Waals surface area contributed by atoms with Crippen LogP contribution in [0, 0.1) is 0 Å². The predicted molar refractivity (Wildman–Crippen MR) is 121 cm³/mol. The van der Waals surface area contributed by atoms with Crippen LogP contribution in [0.15, 0.2) is 45.2 Å². The highest BCUT2D eigenvalue weighted by atomic mass is 32.2. The number of nitrogens with two attached hydrogens (primary N) is 4. The number of hydrogen-bond donors (Lipinski definition) is 5. The van der Waals surface area contributed by atoms with Crippen molar-refractivity contribution in [3.8, 4) is 11.1 Å². The maximum Gasteiger partial charge on any atom is 0.240 e. The third-order valence-corrected chi connectivity index (χ3v) is 8.31. The summed E-state index contributed by atoms with van der Waals surface area (Å²) in [5.41, 5.74) is 14.9. The van der Waals surface area contributed by atoms with E-state index in [-0.39, 0.29) is 29.1 Å². The van der Waals surface area contributed by atoms with Gasteiger partial charge in [-0.1, -0.05) is 36.5 Å². The molecule has 0 fully saturated rings. The number of hydrazone groups is 1. The number of primary sulfonamides is 1. The van der Waals surface area contributed by atoms with E-state index in [9.17, 15) is 16.8 Å². The summed E-state index contributed by atoms with van der Waals surface area (Å²) in [6, 6.07) is 7.84. The molecule has 3 aromatic rings. The number of aromatic nitrogens is 1. The maximum absolute atomic E-state index is 12.8. The molecule has 0 aliphatic carbocycles. The number of nitrogens with zero attached hydrogens (tertiary/aromatic N) is 2. The third kappa shape index (κ3) is 4.33. The highest BCUT2D eigenvalue weighted by Gasteiger charge is 2.31. The Kier molecular flexibility index (Phi) is 6.20. The maximum atomic E-state index is 12.8. The molecule has 11 nitrogen and oxygen atoms in total. The Hall–Kier alpha value is -2.78. The fourth-order valence-corrected chi connectivity index (χ4v) is 7.01. The molecule has 31 heavy (non-hydrogen) atoms. The Morgan fingerprint density at radius 1 is 1.16 bits per heavy atom. The van der Waals surface area contributed by atoms with E-state index in [1.807, 2.05) is 5.53 Å². The van der Waals surface area contributed by atoms with Crippen LogP contribution in [0.25, 0.3) is 21.3 Å². The summed E-state index contributed by atoms with van der Waals surface area (Å²) in [6.07, 6.45) is 0.273. The topological polar surface area (TPSA) is 210 Å². The van der Waals surface area contributed by atoms with E-state index >= 15 is 0 Å². The summed E-state index contributed by atoms with van der Waals surface area (Å²) < 4.78 is 51.6. The number of thiazole rings is 1. The first-order chi connectivity index (χ1) is 14.5. The second kappa shape index (κ2) is 8.39. The summed E-state index contributed by atoms with van der Waals surface area (Å²) in [5.74, 6) is 4.59. The van der Waals surface area contributed by atoms with Crippen LogP contribution in [0.2, 0.25) is 0 Å². The van der Waals surface area contributed by atoms with E-state index in [0.717, 1.165) is 4.70 Å². The molecule has 0 amide bonds. The summed E-state index contributed by atoms with van der Waals surface area (Å²) >= 11 is 1.24. The number of benzene rings is 2.